The number of aryl methyl sites for hydroxylation is 3. The zero-order valence-electron chi connectivity index (χ0n) is 19.4. The van der Waals surface area contributed by atoms with Crippen LogP contribution in [0.15, 0.2) is 71.8 Å². The van der Waals surface area contributed by atoms with Crippen LogP contribution >= 0.6 is 0 Å². The van der Waals surface area contributed by atoms with Crippen molar-refractivity contribution in [3.05, 3.63) is 99.7 Å². The Balaban J connectivity index is 1.72. The van der Waals surface area contributed by atoms with Gasteiger partial charge in [-0.1, -0.05) is 36.4 Å². The van der Waals surface area contributed by atoms with E-state index in [1.807, 2.05) is 43.4 Å². The average Bonchev–Trinajstić information content (AvgIpc) is 3.27. The molecule has 7 heteroatoms. The summed E-state index contributed by atoms with van der Waals surface area (Å²) in [6.45, 7) is 4.53. The molecule has 172 valence electrons. The van der Waals surface area contributed by atoms with Gasteiger partial charge in [0.05, 0.1) is 24.5 Å². The van der Waals surface area contributed by atoms with Gasteiger partial charge in [-0.15, -0.1) is 0 Å². The fourth-order valence-electron chi connectivity index (χ4n) is 5.04. The van der Waals surface area contributed by atoms with Crippen molar-refractivity contribution in [3.63, 3.8) is 0 Å². The lowest BCUT2D eigenvalue weighted by Gasteiger charge is -2.17. The van der Waals surface area contributed by atoms with Gasteiger partial charge in [-0.2, -0.15) is 0 Å². The van der Waals surface area contributed by atoms with Crippen LogP contribution in [0.25, 0.3) is 22.1 Å². The van der Waals surface area contributed by atoms with Gasteiger partial charge >= 0.3 is 11.7 Å². The summed E-state index contributed by atoms with van der Waals surface area (Å²) < 4.78 is 5.32. The predicted molar refractivity (Wildman–Crippen MR) is 132 cm³/mol. The second-order valence-corrected chi connectivity index (χ2v) is 8.85. The number of pyridine rings is 1. The van der Waals surface area contributed by atoms with Gasteiger partial charge in [0.2, 0.25) is 0 Å². The van der Waals surface area contributed by atoms with Gasteiger partial charge in [-0.25, -0.2) is 9.78 Å². The Bertz CT molecular complexity index is 1590. The molecule has 2 aromatic carbocycles. The van der Waals surface area contributed by atoms with E-state index < -0.39 is 12.0 Å². The van der Waals surface area contributed by atoms with Gasteiger partial charge in [0, 0.05) is 30.3 Å². The quantitative estimate of drug-likeness (QED) is 0.412. The molecule has 0 fully saturated rings. The molecular formula is C27H26N4O3. The summed E-state index contributed by atoms with van der Waals surface area (Å²) >= 11 is 0. The number of imidazole rings is 1. The fraction of sp³-hybridized carbons (Fsp3) is 0.222. The predicted octanol–water partition coefficient (Wildman–Crippen LogP) is 4.42. The summed E-state index contributed by atoms with van der Waals surface area (Å²) in [5, 5.41) is 10.8. The topological polar surface area (TPSA) is 82.1 Å². The Morgan fingerprint density at radius 2 is 1.82 bits per heavy atom. The number of fused-ring (bicyclic) bond motifs is 2. The van der Waals surface area contributed by atoms with Crippen molar-refractivity contribution in [2.45, 2.75) is 32.9 Å². The third-order valence-electron chi connectivity index (χ3n) is 6.42. The van der Waals surface area contributed by atoms with Crippen molar-refractivity contribution in [1.82, 2.24) is 18.7 Å². The first-order valence-electron chi connectivity index (χ1n) is 11.2. The van der Waals surface area contributed by atoms with E-state index in [0.29, 0.717) is 17.7 Å². The second kappa shape index (κ2) is 8.33. The number of carboxylic acid groups (broad SMARTS) is 1. The first-order valence-corrected chi connectivity index (χ1v) is 11.2. The SMILES string of the molecule is Cc1cc(C)c2c(Cn3c(=O)n([C@H](CC(=O)O)c4ccccc4)c4ncccc43)cn(C)c2c1. The number of hydrogen-bond donors (Lipinski definition) is 1. The summed E-state index contributed by atoms with van der Waals surface area (Å²) in [5.41, 5.74) is 6.16. The van der Waals surface area contributed by atoms with Crippen LogP contribution in [0.2, 0.25) is 0 Å². The molecule has 0 unspecified atom stereocenters. The van der Waals surface area contributed by atoms with Gasteiger partial charge in [-0.05, 0) is 54.3 Å². The van der Waals surface area contributed by atoms with Crippen LogP contribution < -0.4 is 5.69 Å². The largest absolute Gasteiger partial charge is 0.481 e. The standard InChI is InChI=1S/C27H26N4O3/c1-17-12-18(2)25-20(15-29(3)23(25)13-17)16-30-21-10-7-11-28-26(21)31(27(30)34)22(14-24(32)33)19-8-5-4-6-9-19/h4-13,15,22H,14,16H2,1-3H3,(H,32,33)/t22-/m1/s1. The molecule has 34 heavy (non-hydrogen) atoms. The number of benzene rings is 2. The molecule has 5 rings (SSSR count). The number of hydrogen-bond acceptors (Lipinski definition) is 3. The molecule has 0 saturated heterocycles. The van der Waals surface area contributed by atoms with E-state index in [4.69, 9.17) is 0 Å². The van der Waals surface area contributed by atoms with Gasteiger partial charge in [0.1, 0.15) is 0 Å². The minimum Gasteiger partial charge on any atom is -0.481 e. The molecule has 0 aliphatic heterocycles. The van der Waals surface area contributed by atoms with Crippen LogP contribution in [0.5, 0.6) is 0 Å². The molecule has 0 bridgehead atoms. The van der Waals surface area contributed by atoms with Crippen molar-refractivity contribution < 1.29 is 9.90 Å². The molecule has 1 N–H and O–H groups in total. The molecule has 5 aromatic rings. The van der Waals surface area contributed by atoms with Crippen molar-refractivity contribution in [3.8, 4) is 0 Å². The zero-order valence-corrected chi connectivity index (χ0v) is 19.4. The van der Waals surface area contributed by atoms with Gasteiger partial charge < -0.3 is 9.67 Å². The maximum Gasteiger partial charge on any atom is 0.331 e. The van der Waals surface area contributed by atoms with Gasteiger partial charge in [0.25, 0.3) is 0 Å². The first-order chi connectivity index (χ1) is 16.3. The minimum atomic E-state index is -0.974. The van der Waals surface area contributed by atoms with E-state index in [9.17, 15) is 14.7 Å². The van der Waals surface area contributed by atoms with Crippen LogP contribution in [0.4, 0.5) is 0 Å². The Morgan fingerprint density at radius 1 is 1.06 bits per heavy atom. The van der Waals surface area contributed by atoms with Crippen molar-refractivity contribution in [2.24, 2.45) is 7.05 Å². The Morgan fingerprint density at radius 3 is 2.56 bits per heavy atom. The van der Waals surface area contributed by atoms with E-state index in [0.717, 1.165) is 27.6 Å². The molecule has 0 saturated carbocycles. The lowest BCUT2D eigenvalue weighted by atomic mass is 10.0. The summed E-state index contributed by atoms with van der Waals surface area (Å²) in [6.07, 6.45) is 3.48. The van der Waals surface area contributed by atoms with E-state index >= 15 is 0 Å². The molecule has 3 aromatic heterocycles. The number of rotatable bonds is 6. The average molecular weight is 455 g/mol. The number of nitrogens with zero attached hydrogens (tertiary/aromatic N) is 4. The Hall–Kier alpha value is -4.13. The maximum atomic E-state index is 13.9. The second-order valence-electron chi connectivity index (χ2n) is 8.85. The van der Waals surface area contributed by atoms with E-state index in [1.165, 1.54) is 10.1 Å². The molecule has 0 spiro atoms. The summed E-state index contributed by atoms with van der Waals surface area (Å²) in [4.78, 5) is 30.1. The van der Waals surface area contributed by atoms with Gasteiger partial charge in [-0.3, -0.25) is 13.9 Å². The van der Waals surface area contributed by atoms with Crippen molar-refractivity contribution in [1.29, 1.82) is 0 Å². The number of carboxylic acids is 1. The Labute approximate surface area is 196 Å². The Kier molecular flexibility index (Phi) is 5.32. The van der Waals surface area contributed by atoms with Crippen LogP contribution in [0, 0.1) is 13.8 Å². The molecule has 7 nitrogen and oxygen atoms in total. The number of carbonyl (C=O) groups is 1. The van der Waals surface area contributed by atoms with Crippen molar-refractivity contribution >= 4 is 28.0 Å². The van der Waals surface area contributed by atoms with Crippen LogP contribution in [-0.4, -0.2) is 29.8 Å². The molecule has 0 amide bonds. The third-order valence-corrected chi connectivity index (χ3v) is 6.42. The fourth-order valence-corrected chi connectivity index (χ4v) is 5.04. The summed E-state index contributed by atoms with van der Waals surface area (Å²) in [6, 6.07) is 16.6. The monoisotopic (exact) mass is 454 g/mol. The molecule has 3 heterocycles. The number of aromatic nitrogens is 4. The smallest absolute Gasteiger partial charge is 0.331 e. The summed E-state index contributed by atoms with van der Waals surface area (Å²) in [7, 11) is 2.01. The van der Waals surface area contributed by atoms with Crippen LogP contribution in [0.3, 0.4) is 0 Å². The van der Waals surface area contributed by atoms with E-state index in [-0.39, 0.29) is 12.1 Å². The molecule has 1 atom stereocenters. The van der Waals surface area contributed by atoms with E-state index in [2.05, 4.69) is 41.7 Å². The molecular weight excluding hydrogens is 428 g/mol. The molecule has 0 aliphatic rings. The normalized spacial score (nSPS) is 12.4. The first kappa shape index (κ1) is 21.7. The highest BCUT2D eigenvalue weighted by atomic mass is 16.4. The highest BCUT2D eigenvalue weighted by Crippen LogP contribution is 2.29. The number of aliphatic carboxylic acids is 1. The maximum absolute atomic E-state index is 13.9. The third kappa shape index (κ3) is 3.59. The lowest BCUT2D eigenvalue weighted by molar-refractivity contribution is -0.137. The van der Waals surface area contributed by atoms with E-state index in [1.54, 1.807) is 16.8 Å². The zero-order chi connectivity index (χ0) is 24.0. The van der Waals surface area contributed by atoms with Gasteiger partial charge in [0.15, 0.2) is 5.65 Å². The molecule has 0 radical (unpaired) electrons. The van der Waals surface area contributed by atoms with Crippen LogP contribution in [0.1, 0.15) is 34.7 Å². The summed E-state index contributed by atoms with van der Waals surface area (Å²) in [5.74, 6) is -0.974. The van der Waals surface area contributed by atoms with Crippen molar-refractivity contribution in [2.75, 3.05) is 0 Å². The van der Waals surface area contributed by atoms with Crippen LogP contribution in [-0.2, 0) is 18.4 Å². The lowest BCUT2D eigenvalue weighted by Crippen LogP contribution is -2.29. The molecule has 0 aliphatic carbocycles. The highest BCUT2D eigenvalue weighted by molar-refractivity contribution is 5.88. The highest BCUT2D eigenvalue weighted by Gasteiger charge is 2.25. The minimum absolute atomic E-state index is 0.216.